The van der Waals surface area contributed by atoms with E-state index >= 15 is 0 Å². The number of methoxy groups -OCH3 is 1. The van der Waals surface area contributed by atoms with Gasteiger partial charge in [0.05, 0.1) is 24.3 Å². The van der Waals surface area contributed by atoms with E-state index in [4.69, 9.17) is 31.0 Å². The number of carbonyl (C=O) groups excluding carboxylic acids is 3. The number of halogens is 2. The van der Waals surface area contributed by atoms with Gasteiger partial charge >= 0.3 is 41.7 Å². The molecule has 11 nitrogen and oxygen atoms in total. The van der Waals surface area contributed by atoms with Crippen molar-refractivity contribution in [2.24, 2.45) is 0 Å². The van der Waals surface area contributed by atoms with Gasteiger partial charge in [-0.25, -0.2) is 14.2 Å². The van der Waals surface area contributed by atoms with E-state index < -0.39 is 23.0 Å². The van der Waals surface area contributed by atoms with E-state index in [0.29, 0.717) is 6.61 Å². The molecule has 180 valence electrons. The van der Waals surface area contributed by atoms with Crippen molar-refractivity contribution in [3.63, 3.8) is 0 Å². The van der Waals surface area contributed by atoms with Gasteiger partial charge in [0.1, 0.15) is 11.8 Å². The van der Waals surface area contributed by atoms with Crippen LogP contribution in [0.1, 0.15) is 30.8 Å². The van der Waals surface area contributed by atoms with Gasteiger partial charge in [-0.1, -0.05) is 24.9 Å². The summed E-state index contributed by atoms with van der Waals surface area (Å²) in [6.07, 6.45) is 5.17. The number of hydrogen-bond acceptors (Lipinski definition) is 9. The van der Waals surface area contributed by atoms with Gasteiger partial charge in [0.25, 0.3) is 5.56 Å². The second-order valence-corrected chi connectivity index (χ2v) is 5.69. The number of allylic oxidation sites excluding steroid dienone is 1. The number of esters is 1. The summed E-state index contributed by atoms with van der Waals surface area (Å²) >= 11 is 5.75. The van der Waals surface area contributed by atoms with E-state index in [1.54, 1.807) is 13.0 Å². The van der Waals surface area contributed by atoms with Gasteiger partial charge in [-0.05, 0) is 19.1 Å². The molecule has 0 atom stereocenters. The van der Waals surface area contributed by atoms with E-state index in [1.807, 2.05) is 6.92 Å². The van der Waals surface area contributed by atoms with Crippen molar-refractivity contribution in [1.82, 2.24) is 9.97 Å². The van der Waals surface area contributed by atoms with Gasteiger partial charge in [0, 0.05) is 6.07 Å². The number of aromatic nitrogens is 2. The van der Waals surface area contributed by atoms with Crippen LogP contribution >= 0.6 is 11.6 Å². The van der Waals surface area contributed by atoms with Crippen LogP contribution in [0.3, 0.4) is 0 Å². The molecule has 0 aliphatic carbocycles. The Balaban J connectivity index is -0.000000584. The van der Waals surface area contributed by atoms with Crippen molar-refractivity contribution in [2.75, 3.05) is 13.7 Å². The maximum Gasteiger partial charge on any atom is 1.00 e. The first-order valence-corrected chi connectivity index (χ1v) is 9.15. The third-order valence-electron chi connectivity index (χ3n) is 3.17. The number of H-pyrrole nitrogens is 1. The smallest absolute Gasteiger partial charge is 0.870 e. The van der Waals surface area contributed by atoms with E-state index in [0.717, 1.165) is 12.5 Å². The van der Waals surface area contributed by atoms with Crippen LogP contribution in [0, 0.1) is 11.9 Å². The summed E-state index contributed by atoms with van der Waals surface area (Å²) in [6, 6.07) is 3.42. The van der Waals surface area contributed by atoms with Crippen molar-refractivity contribution < 1.29 is 73.2 Å². The van der Waals surface area contributed by atoms with Gasteiger partial charge in [0.15, 0.2) is 17.3 Å². The molecule has 1 heterocycles. The SMILES string of the molecule is CCC=[C-]C(=O)OCC.COc1c(Cl)ccc(-c2nc(C(=O)O)cc(=O)[nH]2)c1F.O=C=O.[Na+].[OH-]. The van der Waals surface area contributed by atoms with E-state index in [-0.39, 0.29) is 69.3 Å². The number of nitrogens with zero attached hydrogens (tertiary/aromatic N) is 1. The first kappa shape index (κ1) is 35.7. The van der Waals surface area contributed by atoms with Crippen LogP contribution in [0.15, 0.2) is 29.1 Å². The first-order chi connectivity index (χ1) is 15.2. The first-order valence-electron chi connectivity index (χ1n) is 8.77. The maximum absolute atomic E-state index is 14.2. The van der Waals surface area contributed by atoms with Gasteiger partial charge in [-0.15, -0.1) is 0 Å². The minimum absolute atomic E-state index is 0. The van der Waals surface area contributed by atoms with E-state index in [1.165, 1.54) is 19.2 Å². The van der Waals surface area contributed by atoms with Crippen LogP contribution in [0.2, 0.25) is 5.02 Å². The Morgan fingerprint density at radius 3 is 2.38 bits per heavy atom. The molecule has 0 amide bonds. The fourth-order valence-electron chi connectivity index (χ4n) is 1.96. The fourth-order valence-corrected chi connectivity index (χ4v) is 2.18. The number of hydrogen-bond donors (Lipinski definition) is 2. The third kappa shape index (κ3) is 12.4. The van der Waals surface area contributed by atoms with Crippen LogP contribution in [0.4, 0.5) is 4.39 Å². The molecule has 0 unspecified atom stereocenters. The van der Waals surface area contributed by atoms with Gasteiger partial charge in [0.2, 0.25) is 0 Å². The topological polar surface area (TPSA) is 183 Å². The zero-order valence-electron chi connectivity index (χ0n) is 18.7. The van der Waals surface area contributed by atoms with E-state index in [9.17, 15) is 18.8 Å². The second kappa shape index (κ2) is 19.6. The molecule has 0 aliphatic rings. The monoisotopic (exact) mass is 509 g/mol. The number of aromatic amines is 1. The second-order valence-electron chi connectivity index (χ2n) is 5.29. The Kier molecular flexibility index (Phi) is 20.6. The normalized spacial score (nSPS) is 8.97. The number of benzene rings is 1. The largest absolute Gasteiger partial charge is 1.00 e. The van der Waals surface area contributed by atoms with Crippen molar-refractivity contribution >= 4 is 29.7 Å². The molecule has 0 radical (unpaired) electrons. The average Bonchev–Trinajstić information content (AvgIpc) is 2.73. The van der Waals surface area contributed by atoms with Crippen molar-refractivity contribution in [3.05, 3.63) is 57.2 Å². The summed E-state index contributed by atoms with van der Waals surface area (Å²) < 4.78 is 23.5. The Hall–Kier alpha value is -2.86. The molecule has 0 bridgehead atoms. The molecule has 0 saturated heterocycles. The Morgan fingerprint density at radius 1 is 1.32 bits per heavy atom. The van der Waals surface area contributed by atoms with Crippen molar-refractivity contribution in [1.29, 1.82) is 0 Å². The fraction of sp³-hybridized carbons (Fsp3) is 0.250. The van der Waals surface area contributed by atoms with Crippen LogP contribution in [0.25, 0.3) is 11.4 Å². The third-order valence-corrected chi connectivity index (χ3v) is 3.47. The molecule has 0 fully saturated rings. The van der Waals surface area contributed by atoms with Gasteiger partial charge in [-0.3, -0.25) is 15.7 Å². The number of carboxylic acid groups (broad SMARTS) is 1. The van der Waals surface area contributed by atoms with Crippen molar-refractivity contribution in [2.45, 2.75) is 20.3 Å². The number of aromatic carboxylic acids is 1. The molecule has 0 spiro atoms. The minimum Gasteiger partial charge on any atom is -0.870 e. The summed E-state index contributed by atoms with van der Waals surface area (Å²) in [5, 5.41) is 8.89. The Labute approximate surface area is 220 Å². The number of carbonyl (C=O) groups is 2. The molecule has 0 aliphatic heterocycles. The summed E-state index contributed by atoms with van der Waals surface area (Å²) in [6.45, 7) is 4.13. The summed E-state index contributed by atoms with van der Waals surface area (Å²) in [4.78, 5) is 54.9. The number of rotatable bonds is 6. The van der Waals surface area contributed by atoms with E-state index in [2.05, 4.69) is 20.8 Å². The number of carboxylic acids is 1. The molecular formula is C20H20ClFN2NaO9-. The van der Waals surface area contributed by atoms with Crippen LogP contribution in [-0.2, 0) is 19.1 Å². The van der Waals surface area contributed by atoms with Gasteiger partial charge < -0.3 is 31.1 Å². The minimum atomic E-state index is -1.39. The molecule has 1 aromatic carbocycles. The summed E-state index contributed by atoms with van der Waals surface area (Å²) in [5.41, 5.74) is -1.32. The average molecular weight is 510 g/mol. The number of nitrogens with one attached hydrogen (secondary N) is 1. The predicted molar refractivity (Wildman–Crippen MR) is 110 cm³/mol. The van der Waals surface area contributed by atoms with Crippen LogP contribution < -0.4 is 39.9 Å². The molecule has 3 N–H and O–H groups in total. The Bertz CT molecular complexity index is 1050. The molecule has 1 aromatic heterocycles. The van der Waals surface area contributed by atoms with Gasteiger partial charge in [-0.2, -0.15) is 9.59 Å². The van der Waals surface area contributed by atoms with Crippen LogP contribution in [-0.4, -0.2) is 52.4 Å². The molecule has 2 rings (SSSR count). The van der Waals surface area contributed by atoms with Crippen molar-refractivity contribution in [3.8, 4) is 17.1 Å². The summed E-state index contributed by atoms with van der Waals surface area (Å²) in [7, 11) is 1.23. The molecule has 34 heavy (non-hydrogen) atoms. The number of ether oxygens (including phenoxy) is 2. The zero-order chi connectivity index (χ0) is 24.7. The molecule has 2 aromatic rings. The predicted octanol–water partition coefficient (Wildman–Crippen LogP) is -0.501. The molecular weight excluding hydrogens is 490 g/mol. The Morgan fingerprint density at radius 2 is 1.91 bits per heavy atom. The van der Waals surface area contributed by atoms with Crippen LogP contribution in [0.5, 0.6) is 5.75 Å². The zero-order valence-corrected chi connectivity index (χ0v) is 21.4. The standard InChI is InChI=1S/C12H8ClFN2O4.C7H11O2.CO2.Na.H2O/c1-20-10-6(13)3-2-5(9(10)14)11-15-7(12(18)19)4-8(17)16-11;1-3-5-6-7(8)9-4-2;2-1-3;;/h2-4H,1H3,(H,18,19)(H,15,16,17);5H,3-4H2,1-2H3;;;1H2/q;-1;;+1;/p-1. The molecule has 14 heteroatoms. The maximum atomic E-state index is 14.2. The quantitative estimate of drug-likeness (QED) is 0.223. The summed E-state index contributed by atoms with van der Waals surface area (Å²) in [5.74, 6) is -3.04. The molecule has 0 saturated carbocycles.